The SMILES string of the molecule is COCCN1C(=O)/C(=C/c2ccco2)C(C(=O)OC)=C1C. The minimum absolute atomic E-state index is 0.259. The number of rotatable bonds is 5. The zero-order valence-corrected chi connectivity index (χ0v) is 12.2. The first-order chi connectivity index (χ1) is 10.1. The molecular formula is C15H17NO5. The summed E-state index contributed by atoms with van der Waals surface area (Å²) in [4.78, 5) is 26.0. The number of amides is 1. The maximum Gasteiger partial charge on any atom is 0.340 e. The topological polar surface area (TPSA) is 69.0 Å². The lowest BCUT2D eigenvalue weighted by Crippen LogP contribution is -2.28. The highest BCUT2D eigenvalue weighted by atomic mass is 16.5. The van der Waals surface area contributed by atoms with Gasteiger partial charge in [-0.2, -0.15) is 0 Å². The van der Waals surface area contributed by atoms with Gasteiger partial charge in [-0.3, -0.25) is 4.79 Å². The van der Waals surface area contributed by atoms with E-state index in [0.717, 1.165) is 0 Å². The fraction of sp³-hybridized carbons (Fsp3) is 0.333. The summed E-state index contributed by atoms with van der Waals surface area (Å²) in [6.07, 6.45) is 3.05. The Bertz CT molecular complexity index is 598. The van der Waals surface area contributed by atoms with Crippen molar-refractivity contribution in [3.05, 3.63) is 41.0 Å². The van der Waals surface area contributed by atoms with Crippen LogP contribution >= 0.6 is 0 Å². The monoisotopic (exact) mass is 291 g/mol. The van der Waals surface area contributed by atoms with Crippen LogP contribution in [-0.4, -0.2) is 44.1 Å². The Morgan fingerprint density at radius 2 is 2.19 bits per heavy atom. The van der Waals surface area contributed by atoms with E-state index in [1.54, 1.807) is 32.2 Å². The predicted molar refractivity (Wildman–Crippen MR) is 75.0 cm³/mol. The number of furan rings is 1. The summed E-state index contributed by atoms with van der Waals surface area (Å²) >= 11 is 0. The third-order valence-electron chi connectivity index (χ3n) is 3.25. The number of methoxy groups -OCH3 is 2. The van der Waals surface area contributed by atoms with Crippen molar-refractivity contribution in [3.63, 3.8) is 0 Å². The number of allylic oxidation sites excluding steroid dienone is 1. The molecule has 2 heterocycles. The molecule has 6 nitrogen and oxygen atoms in total. The van der Waals surface area contributed by atoms with Crippen molar-refractivity contribution in [2.45, 2.75) is 6.92 Å². The molecule has 6 heteroatoms. The summed E-state index contributed by atoms with van der Waals surface area (Å²) in [5.74, 6) is -0.305. The van der Waals surface area contributed by atoms with E-state index in [4.69, 9.17) is 13.9 Å². The average molecular weight is 291 g/mol. The molecule has 1 amide bonds. The van der Waals surface area contributed by atoms with E-state index >= 15 is 0 Å². The number of hydrogen-bond donors (Lipinski definition) is 0. The van der Waals surface area contributed by atoms with Crippen LogP contribution in [0.5, 0.6) is 0 Å². The molecule has 0 spiro atoms. The predicted octanol–water partition coefficient (Wildman–Crippen LogP) is 1.60. The van der Waals surface area contributed by atoms with Crippen molar-refractivity contribution < 1.29 is 23.5 Å². The highest BCUT2D eigenvalue weighted by Crippen LogP contribution is 2.31. The first kappa shape index (κ1) is 15.1. The van der Waals surface area contributed by atoms with E-state index in [1.165, 1.54) is 18.3 Å². The number of carbonyl (C=O) groups is 2. The molecule has 112 valence electrons. The molecule has 0 unspecified atom stereocenters. The largest absolute Gasteiger partial charge is 0.465 e. The van der Waals surface area contributed by atoms with Crippen LogP contribution in [0.1, 0.15) is 12.7 Å². The maximum atomic E-state index is 12.5. The lowest BCUT2D eigenvalue weighted by atomic mass is 10.1. The number of hydrogen-bond acceptors (Lipinski definition) is 5. The molecule has 0 N–H and O–H groups in total. The van der Waals surface area contributed by atoms with Gasteiger partial charge in [0.05, 0.1) is 31.1 Å². The Balaban J connectivity index is 2.43. The van der Waals surface area contributed by atoms with Crippen molar-refractivity contribution in [2.24, 2.45) is 0 Å². The van der Waals surface area contributed by atoms with E-state index in [0.29, 0.717) is 24.6 Å². The van der Waals surface area contributed by atoms with Crippen LogP contribution in [0, 0.1) is 0 Å². The molecule has 0 aliphatic carbocycles. The second-order valence-electron chi connectivity index (χ2n) is 4.48. The van der Waals surface area contributed by atoms with Crippen LogP contribution in [0.2, 0.25) is 0 Å². The van der Waals surface area contributed by atoms with Crippen LogP contribution in [0.3, 0.4) is 0 Å². The Hall–Kier alpha value is -2.34. The highest BCUT2D eigenvalue weighted by molar-refractivity contribution is 6.16. The zero-order valence-electron chi connectivity index (χ0n) is 12.2. The molecule has 1 aromatic rings. The Morgan fingerprint density at radius 3 is 2.76 bits per heavy atom. The molecule has 0 saturated carbocycles. The van der Waals surface area contributed by atoms with Crippen molar-refractivity contribution in [2.75, 3.05) is 27.4 Å². The average Bonchev–Trinajstić information content (AvgIpc) is 3.06. The molecule has 1 aliphatic heterocycles. The van der Waals surface area contributed by atoms with Gasteiger partial charge in [-0.15, -0.1) is 0 Å². The maximum absolute atomic E-state index is 12.5. The molecule has 1 aromatic heterocycles. The third-order valence-corrected chi connectivity index (χ3v) is 3.25. The fourth-order valence-corrected chi connectivity index (χ4v) is 2.20. The molecule has 0 atom stereocenters. The summed E-state index contributed by atoms with van der Waals surface area (Å²) < 4.78 is 15.0. The smallest absolute Gasteiger partial charge is 0.340 e. The second-order valence-corrected chi connectivity index (χ2v) is 4.48. The van der Waals surface area contributed by atoms with Crippen molar-refractivity contribution in [1.29, 1.82) is 0 Å². The molecule has 0 aromatic carbocycles. The quantitative estimate of drug-likeness (QED) is 0.609. The Kier molecular flexibility index (Phi) is 4.59. The molecule has 0 radical (unpaired) electrons. The van der Waals surface area contributed by atoms with Crippen LogP contribution in [0.25, 0.3) is 6.08 Å². The molecule has 0 saturated heterocycles. The molecule has 1 aliphatic rings. The van der Waals surface area contributed by atoms with Gasteiger partial charge in [-0.05, 0) is 25.1 Å². The van der Waals surface area contributed by atoms with Gasteiger partial charge in [-0.1, -0.05) is 0 Å². The van der Waals surface area contributed by atoms with Gasteiger partial charge < -0.3 is 18.8 Å². The van der Waals surface area contributed by atoms with E-state index in [1.807, 2.05) is 0 Å². The van der Waals surface area contributed by atoms with Gasteiger partial charge in [0.1, 0.15) is 5.76 Å². The van der Waals surface area contributed by atoms with Crippen LogP contribution in [0.4, 0.5) is 0 Å². The Morgan fingerprint density at radius 1 is 1.43 bits per heavy atom. The molecule has 21 heavy (non-hydrogen) atoms. The second kappa shape index (κ2) is 6.41. The first-order valence-corrected chi connectivity index (χ1v) is 6.45. The highest BCUT2D eigenvalue weighted by Gasteiger charge is 2.36. The first-order valence-electron chi connectivity index (χ1n) is 6.45. The summed E-state index contributed by atoms with van der Waals surface area (Å²) in [6, 6.07) is 3.42. The molecular weight excluding hydrogens is 274 g/mol. The molecule has 0 fully saturated rings. The fourth-order valence-electron chi connectivity index (χ4n) is 2.20. The van der Waals surface area contributed by atoms with Crippen LogP contribution < -0.4 is 0 Å². The summed E-state index contributed by atoms with van der Waals surface area (Å²) in [7, 11) is 2.84. The van der Waals surface area contributed by atoms with E-state index in [2.05, 4.69) is 0 Å². The third kappa shape index (κ3) is 2.90. The molecule has 0 bridgehead atoms. The molecule has 2 rings (SSSR count). The van der Waals surface area contributed by atoms with Gasteiger partial charge in [0.2, 0.25) is 0 Å². The summed E-state index contributed by atoms with van der Waals surface area (Å²) in [5, 5.41) is 0. The number of esters is 1. The lowest BCUT2D eigenvalue weighted by molar-refractivity contribution is -0.136. The lowest BCUT2D eigenvalue weighted by Gasteiger charge is -2.16. The van der Waals surface area contributed by atoms with Gasteiger partial charge in [-0.25, -0.2) is 4.79 Å². The minimum atomic E-state index is -0.543. The standard InChI is InChI=1S/C15H17NO5/c1-10-13(15(18)20-3)12(9-11-5-4-7-21-11)14(17)16(10)6-8-19-2/h4-5,7,9H,6,8H2,1-3H3/b12-9+. The van der Waals surface area contributed by atoms with Gasteiger partial charge in [0, 0.05) is 19.4 Å². The van der Waals surface area contributed by atoms with Crippen LogP contribution in [0.15, 0.2) is 39.7 Å². The Labute approximate surface area is 122 Å². The zero-order chi connectivity index (χ0) is 15.4. The van der Waals surface area contributed by atoms with E-state index in [9.17, 15) is 9.59 Å². The summed E-state index contributed by atoms with van der Waals surface area (Å²) in [6.45, 7) is 2.46. The van der Waals surface area contributed by atoms with Crippen LogP contribution in [-0.2, 0) is 19.1 Å². The number of carbonyl (C=O) groups excluding carboxylic acids is 2. The summed E-state index contributed by atoms with van der Waals surface area (Å²) in [5.41, 5.74) is 1.09. The van der Waals surface area contributed by atoms with Crippen molar-refractivity contribution in [1.82, 2.24) is 4.90 Å². The normalized spacial score (nSPS) is 17.0. The minimum Gasteiger partial charge on any atom is -0.465 e. The van der Waals surface area contributed by atoms with Crippen molar-refractivity contribution in [3.8, 4) is 0 Å². The van der Waals surface area contributed by atoms with Gasteiger partial charge in [0.15, 0.2) is 0 Å². The number of ether oxygens (including phenoxy) is 2. The van der Waals surface area contributed by atoms with E-state index in [-0.39, 0.29) is 17.1 Å². The van der Waals surface area contributed by atoms with Gasteiger partial charge in [0.25, 0.3) is 5.91 Å². The number of nitrogens with zero attached hydrogens (tertiary/aromatic N) is 1. The van der Waals surface area contributed by atoms with Crippen molar-refractivity contribution >= 4 is 18.0 Å². The van der Waals surface area contributed by atoms with E-state index < -0.39 is 5.97 Å². The van der Waals surface area contributed by atoms with Gasteiger partial charge >= 0.3 is 5.97 Å².